The molecule has 1 aromatic heterocycles. The van der Waals surface area contributed by atoms with E-state index in [4.69, 9.17) is 9.47 Å². The summed E-state index contributed by atoms with van der Waals surface area (Å²) in [7, 11) is 1.50. The number of benzene rings is 2. The Morgan fingerprint density at radius 2 is 2.02 bits per heavy atom. The highest BCUT2D eigenvalue weighted by Crippen LogP contribution is 2.39. The predicted octanol–water partition coefficient (Wildman–Crippen LogP) is 3.93. The first kappa shape index (κ1) is 28.3. The van der Waals surface area contributed by atoms with Gasteiger partial charge in [-0.1, -0.05) is 0 Å². The van der Waals surface area contributed by atoms with E-state index >= 15 is 0 Å². The van der Waals surface area contributed by atoms with Crippen LogP contribution in [0.25, 0.3) is 10.9 Å². The molecule has 0 radical (unpaired) electrons. The fraction of sp³-hybridized carbons (Fsp3) is 0.464. The lowest BCUT2D eigenvalue weighted by molar-refractivity contribution is -0.0196. The van der Waals surface area contributed by atoms with E-state index in [0.717, 1.165) is 58.3 Å². The Balaban J connectivity index is 0.00000158. The number of hydrogen-bond acceptors (Lipinski definition) is 10. The Bertz CT molecular complexity index is 1450. The second kappa shape index (κ2) is 12.5. The molecule has 3 fully saturated rings. The van der Waals surface area contributed by atoms with E-state index in [-0.39, 0.29) is 34.3 Å². The molecule has 3 aliphatic rings. The molecule has 40 heavy (non-hydrogen) atoms. The first-order valence-corrected chi connectivity index (χ1v) is 14.3. The van der Waals surface area contributed by atoms with E-state index < -0.39 is 5.82 Å². The van der Waals surface area contributed by atoms with Crippen molar-refractivity contribution < 1.29 is 13.9 Å². The number of hydrogen-bond donors (Lipinski definition) is 3. The van der Waals surface area contributed by atoms with E-state index in [9.17, 15) is 14.4 Å². The Morgan fingerprint density at radius 3 is 2.77 bits per heavy atom. The van der Waals surface area contributed by atoms with Crippen molar-refractivity contribution in [2.24, 2.45) is 5.73 Å². The lowest BCUT2D eigenvalue weighted by atomic mass is 9.88. The van der Waals surface area contributed by atoms with Gasteiger partial charge in [-0.15, -0.1) is 0 Å². The van der Waals surface area contributed by atoms with Crippen molar-refractivity contribution in [3.05, 3.63) is 58.4 Å². The van der Waals surface area contributed by atoms with Gasteiger partial charge in [0, 0.05) is 25.2 Å². The number of anilines is 1. The summed E-state index contributed by atoms with van der Waals surface area (Å²) in [5.41, 5.74) is 5.17. The SMILES string of the molecule is CN.N#Cc1c(NSN2CCCC2)ccc(F)c1Oc1ccc2ncn(C3COC4(CCNCC4)C3)c(=O)c2c1. The topological polar surface area (TPSA) is 130 Å². The summed E-state index contributed by atoms with van der Waals surface area (Å²) < 4.78 is 33.9. The Labute approximate surface area is 236 Å². The molecule has 0 amide bonds. The summed E-state index contributed by atoms with van der Waals surface area (Å²) in [6, 6.07) is 9.64. The van der Waals surface area contributed by atoms with E-state index in [2.05, 4.69) is 31.1 Å². The molecule has 0 aliphatic carbocycles. The number of ether oxygens (including phenoxy) is 2. The highest BCUT2D eigenvalue weighted by atomic mass is 32.2. The molecule has 1 unspecified atom stereocenters. The molecule has 4 heterocycles. The van der Waals surface area contributed by atoms with Gasteiger partial charge in [0.2, 0.25) is 0 Å². The van der Waals surface area contributed by atoms with Crippen LogP contribution in [-0.2, 0) is 4.74 Å². The fourth-order valence-corrected chi connectivity index (χ4v) is 6.37. The molecule has 0 bridgehead atoms. The highest BCUT2D eigenvalue weighted by molar-refractivity contribution is 7.98. The third-order valence-corrected chi connectivity index (χ3v) is 8.58. The van der Waals surface area contributed by atoms with E-state index in [0.29, 0.717) is 23.2 Å². The zero-order chi connectivity index (χ0) is 28.1. The van der Waals surface area contributed by atoms with Crippen LogP contribution in [0.2, 0.25) is 0 Å². The lowest BCUT2D eigenvalue weighted by Gasteiger charge is -2.32. The smallest absolute Gasteiger partial charge is 0.261 e. The van der Waals surface area contributed by atoms with Crippen LogP contribution >= 0.6 is 12.1 Å². The van der Waals surface area contributed by atoms with Gasteiger partial charge in [-0.3, -0.25) is 9.36 Å². The van der Waals surface area contributed by atoms with Crippen molar-refractivity contribution in [3.8, 4) is 17.6 Å². The Kier molecular flexibility index (Phi) is 8.87. The molecule has 4 N–H and O–H groups in total. The maximum atomic E-state index is 14.9. The van der Waals surface area contributed by atoms with Gasteiger partial charge in [0.25, 0.3) is 5.56 Å². The van der Waals surface area contributed by atoms with Gasteiger partial charge in [-0.2, -0.15) is 5.26 Å². The van der Waals surface area contributed by atoms with Crippen LogP contribution in [0.5, 0.6) is 11.5 Å². The Morgan fingerprint density at radius 1 is 1.25 bits per heavy atom. The summed E-state index contributed by atoms with van der Waals surface area (Å²) >= 11 is 1.40. The average molecular weight is 568 g/mol. The standard InChI is InChI=1S/C27H29FN6O3S.CH5N/c28-22-4-6-24(32-38-33-11-1-2-12-33)21(15-29)25(22)37-19-3-5-23-20(13-19)26(35)34(17-31-23)18-14-27(36-16-18)7-9-30-10-8-27;1-2/h3-6,13,17-18,30,32H,1-2,7-12,14,16H2;2H2,1H3. The van der Waals surface area contributed by atoms with Crippen molar-refractivity contribution in [1.82, 2.24) is 19.2 Å². The molecule has 2 aromatic carbocycles. The number of rotatable bonds is 6. The van der Waals surface area contributed by atoms with Gasteiger partial charge in [0.05, 0.1) is 41.2 Å². The highest BCUT2D eigenvalue weighted by Gasteiger charge is 2.42. The van der Waals surface area contributed by atoms with Crippen LogP contribution < -0.4 is 26.1 Å². The van der Waals surface area contributed by atoms with Gasteiger partial charge in [-0.05, 0) is 82.6 Å². The summed E-state index contributed by atoms with van der Waals surface area (Å²) in [5, 5.41) is 13.6. The molecular weight excluding hydrogens is 533 g/mol. The van der Waals surface area contributed by atoms with E-state index in [1.807, 2.05) is 0 Å². The largest absolute Gasteiger partial charge is 0.453 e. The van der Waals surface area contributed by atoms with E-state index in [1.165, 1.54) is 31.3 Å². The minimum Gasteiger partial charge on any atom is -0.453 e. The van der Waals surface area contributed by atoms with Crippen molar-refractivity contribution >= 4 is 28.7 Å². The normalized spacial score (nSPS) is 20.2. The van der Waals surface area contributed by atoms with Crippen LogP contribution in [0.1, 0.15) is 43.7 Å². The first-order valence-electron chi connectivity index (χ1n) is 13.6. The van der Waals surface area contributed by atoms with Gasteiger partial charge in [0.15, 0.2) is 11.6 Å². The van der Waals surface area contributed by atoms with Crippen LogP contribution in [-0.4, -0.2) is 59.3 Å². The third-order valence-electron chi connectivity index (χ3n) is 7.64. The average Bonchev–Trinajstić information content (AvgIpc) is 3.66. The number of piperidine rings is 1. The molecule has 3 aliphatic heterocycles. The number of fused-ring (bicyclic) bond motifs is 1. The zero-order valence-electron chi connectivity index (χ0n) is 22.5. The van der Waals surface area contributed by atoms with Crippen LogP contribution in [0.15, 0.2) is 41.5 Å². The van der Waals surface area contributed by atoms with Gasteiger partial charge in [0.1, 0.15) is 17.4 Å². The maximum absolute atomic E-state index is 14.9. The molecule has 1 spiro atoms. The predicted molar refractivity (Wildman–Crippen MR) is 154 cm³/mol. The molecule has 212 valence electrons. The summed E-state index contributed by atoms with van der Waals surface area (Å²) in [5.74, 6) is -0.580. The molecule has 3 saturated heterocycles. The molecule has 10 nitrogen and oxygen atoms in total. The van der Waals surface area contributed by atoms with Crippen molar-refractivity contribution in [3.63, 3.8) is 0 Å². The van der Waals surface area contributed by atoms with Gasteiger partial charge >= 0.3 is 0 Å². The van der Waals surface area contributed by atoms with Crippen molar-refractivity contribution in [1.29, 1.82) is 5.26 Å². The molecule has 0 saturated carbocycles. The lowest BCUT2D eigenvalue weighted by Crippen LogP contribution is -2.41. The fourth-order valence-electron chi connectivity index (χ4n) is 5.53. The number of nitriles is 1. The van der Waals surface area contributed by atoms with Crippen LogP contribution in [0.3, 0.4) is 0 Å². The number of aromatic nitrogens is 2. The first-order chi connectivity index (χ1) is 19.5. The monoisotopic (exact) mass is 567 g/mol. The molecular formula is C28H34FN7O3S. The number of nitrogens with one attached hydrogen (secondary N) is 2. The minimum absolute atomic E-state index is 0.0655. The summed E-state index contributed by atoms with van der Waals surface area (Å²) in [4.78, 5) is 18.0. The summed E-state index contributed by atoms with van der Waals surface area (Å²) in [6.45, 7) is 4.20. The van der Waals surface area contributed by atoms with E-state index in [1.54, 1.807) is 29.1 Å². The second-order valence-electron chi connectivity index (χ2n) is 10.1. The molecule has 12 heteroatoms. The molecule has 3 aromatic rings. The number of halogens is 1. The summed E-state index contributed by atoms with van der Waals surface area (Å²) in [6.07, 6.45) is 6.46. The van der Waals surface area contributed by atoms with Crippen molar-refractivity contribution in [2.45, 2.75) is 43.7 Å². The van der Waals surface area contributed by atoms with Gasteiger partial charge in [-0.25, -0.2) is 13.7 Å². The second-order valence-corrected chi connectivity index (χ2v) is 11.0. The minimum atomic E-state index is -0.655. The number of nitrogens with zero attached hydrogens (tertiary/aromatic N) is 4. The Hall–Kier alpha value is -3.21. The van der Waals surface area contributed by atoms with Crippen LogP contribution in [0.4, 0.5) is 10.1 Å². The molecule has 6 rings (SSSR count). The third kappa shape index (κ3) is 5.80. The zero-order valence-corrected chi connectivity index (χ0v) is 23.3. The maximum Gasteiger partial charge on any atom is 0.261 e. The van der Waals surface area contributed by atoms with Crippen molar-refractivity contribution in [2.75, 3.05) is 44.6 Å². The number of nitrogens with two attached hydrogens (primary N) is 1. The quantitative estimate of drug-likeness (QED) is 0.377. The molecule has 1 atom stereocenters. The van der Waals surface area contributed by atoms with Crippen LogP contribution in [0, 0.1) is 17.1 Å². The van der Waals surface area contributed by atoms with Gasteiger partial charge < -0.3 is 25.2 Å².